The molecule has 0 spiro atoms. The topological polar surface area (TPSA) is 34.2 Å². The van der Waals surface area contributed by atoms with E-state index in [2.05, 4.69) is 31.1 Å². The minimum atomic E-state index is 0.143. The maximum Gasteiger partial charge on any atom is 0.237 e. The van der Waals surface area contributed by atoms with Crippen LogP contribution in [0.1, 0.15) is 41.0 Å². The van der Waals surface area contributed by atoms with E-state index < -0.39 is 0 Å². The van der Waals surface area contributed by atoms with Gasteiger partial charge in [0.05, 0.1) is 11.8 Å². The Hall–Kier alpha value is -1.25. The molecule has 0 bridgehead atoms. The lowest BCUT2D eigenvalue weighted by Gasteiger charge is -2.22. The van der Waals surface area contributed by atoms with Crippen LogP contribution in [0, 0.1) is 5.92 Å². The van der Waals surface area contributed by atoms with E-state index in [4.69, 9.17) is 4.74 Å². The smallest absolute Gasteiger partial charge is 0.237 e. The molecule has 2 unspecified atom stereocenters. The Balaban J connectivity index is 2.76. The fourth-order valence-electron chi connectivity index (χ4n) is 1.56. The second-order valence-electron chi connectivity index (χ2n) is 4.84. The number of hydrogen-bond acceptors (Lipinski definition) is 3. The Bertz CT molecular complexity index is 339. The van der Waals surface area contributed by atoms with Crippen molar-refractivity contribution in [2.75, 3.05) is 5.32 Å². The summed E-state index contributed by atoms with van der Waals surface area (Å²) < 4.78 is 5.69. The van der Waals surface area contributed by atoms with Gasteiger partial charge in [0, 0.05) is 12.2 Å². The third-order valence-electron chi connectivity index (χ3n) is 3.00. The lowest BCUT2D eigenvalue weighted by molar-refractivity contribution is 0.233. The zero-order valence-electron chi connectivity index (χ0n) is 11.5. The quantitative estimate of drug-likeness (QED) is 0.817. The summed E-state index contributed by atoms with van der Waals surface area (Å²) in [6.45, 7) is 10.7. The molecular formula is C14H24N2O. The molecule has 0 aliphatic heterocycles. The molecule has 1 N–H and O–H groups in total. The van der Waals surface area contributed by atoms with Gasteiger partial charge in [0.1, 0.15) is 0 Å². The summed E-state index contributed by atoms with van der Waals surface area (Å²) in [6, 6.07) is 4.36. The Morgan fingerprint density at radius 1 is 1.29 bits per heavy atom. The van der Waals surface area contributed by atoms with Crippen molar-refractivity contribution in [2.24, 2.45) is 5.92 Å². The number of ether oxygens (including phenoxy) is 1. The highest BCUT2D eigenvalue weighted by atomic mass is 16.5. The van der Waals surface area contributed by atoms with Gasteiger partial charge in [-0.2, -0.15) is 0 Å². The van der Waals surface area contributed by atoms with E-state index in [0.717, 1.165) is 12.1 Å². The number of nitrogens with zero attached hydrogens (tertiary/aromatic N) is 1. The summed E-state index contributed by atoms with van der Waals surface area (Å²) in [5.74, 6) is 1.32. The predicted molar refractivity (Wildman–Crippen MR) is 72.5 cm³/mol. The standard InChI is InChI=1S/C14H24N2O/c1-6-11(4)12(5)16-13-8-7-9-15-14(13)17-10(2)3/h7-12,16H,6H2,1-5H3. The maximum absolute atomic E-state index is 5.69. The summed E-state index contributed by atoms with van der Waals surface area (Å²) in [5, 5.41) is 3.48. The zero-order valence-corrected chi connectivity index (χ0v) is 11.5. The highest BCUT2D eigenvalue weighted by Crippen LogP contribution is 2.24. The van der Waals surface area contributed by atoms with Crippen LogP contribution in [0.4, 0.5) is 5.69 Å². The normalized spacial score (nSPS) is 14.5. The van der Waals surface area contributed by atoms with Gasteiger partial charge < -0.3 is 10.1 Å². The average molecular weight is 236 g/mol. The van der Waals surface area contributed by atoms with Gasteiger partial charge >= 0.3 is 0 Å². The first-order valence-electron chi connectivity index (χ1n) is 6.42. The predicted octanol–water partition coefficient (Wildman–Crippen LogP) is 3.72. The number of pyridine rings is 1. The molecule has 1 rings (SSSR count). The second-order valence-corrected chi connectivity index (χ2v) is 4.84. The third kappa shape index (κ3) is 4.25. The van der Waals surface area contributed by atoms with E-state index >= 15 is 0 Å². The van der Waals surface area contributed by atoms with Crippen molar-refractivity contribution in [3.8, 4) is 5.88 Å². The molecule has 0 saturated carbocycles. The molecule has 0 saturated heterocycles. The van der Waals surface area contributed by atoms with E-state index in [0.29, 0.717) is 17.8 Å². The first-order valence-corrected chi connectivity index (χ1v) is 6.42. The van der Waals surface area contributed by atoms with Crippen molar-refractivity contribution in [3.63, 3.8) is 0 Å². The van der Waals surface area contributed by atoms with E-state index in [-0.39, 0.29) is 6.10 Å². The molecule has 0 radical (unpaired) electrons. The molecule has 0 aromatic carbocycles. The van der Waals surface area contributed by atoms with Crippen LogP contribution in [0.25, 0.3) is 0 Å². The average Bonchev–Trinajstić information content (AvgIpc) is 2.29. The maximum atomic E-state index is 5.69. The highest BCUT2D eigenvalue weighted by molar-refractivity contribution is 5.52. The molecule has 0 fully saturated rings. The summed E-state index contributed by atoms with van der Waals surface area (Å²) in [4.78, 5) is 4.27. The van der Waals surface area contributed by atoms with Gasteiger partial charge in [-0.3, -0.25) is 0 Å². The molecule has 2 atom stereocenters. The Kier molecular flexibility index (Phi) is 5.26. The van der Waals surface area contributed by atoms with E-state index in [1.54, 1.807) is 6.20 Å². The van der Waals surface area contributed by atoms with Gasteiger partial charge in [-0.25, -0.2) is 4.98 Å². The Morgan fingerprint density at radius 3 is 2.59 bits per heavy atom. The summed E-state index contributed by atoms with van der Waals surface area (Å²) in [6.07, 6.45) is 3.07. The van der Waals surface area contributed by atoms with Crippen LogP contribution in [0.3, 0.4) is 0 Å². The molecule has 3 heteroatoms. The summed E-state index contributed by atoms with van der Waals surface area (Å²) >= 11 is 0. The van der Waals surface area contributed by atoms with Crippen molar-refractivity contribution in [3.05, 3.63) is 18.3 Å². The molecule has 1 aromatic rings. The minimum Gasteiger partial charge on any atom is -0.473 e. The Labute approximate surface area is 105 Å². The number of nitrogens with one attached hydrogen (secondary N) is 1. The lowest BCUT2D eigenvalue weighted by Crippen LogP contribution is -2.24. The SMILES string of the molecule is CCC(C)C(C)Nc1cccnc1OC(C)C. The number of aromatic nitrogens is 1. The molecule has 0 amide bonds. The first kappa shape index (κ1) is 13.8. The zero-order chi connectivity index (χ0) is 12.8. The number of hydrogen-bond donors (Lipinski definition) is 1. The second kappa shape index (κ2) is 6.48. The Morgan fingerprint density at radius 2 is 2.00 bits per heavy atom. The van der Waals surface area contributed by atoms with Crippen molar-refractivity contribution < 1.29 is 4.74 Å². The van der Waals surface area contributed by atoms with Crippen molar-refractivity contribution >= 4 is 5.69 Å². The summed E-state index contributed by atoms with van der Waals surface area (Å²) in [7, 11) is 0. The number of rotatable bonds is 6. The van der Waals surface area contributed by atoms with Crippen LogP contribution in [-0.4, -0.2) is 17.1 Å². The van der Waals surface area contributed by atoms with Gasteiger partial charge in [0.25, 0.3) is 0 Å². The van der Waals surface area contributed by atoms with Crippen LogP contribution >= 0.6 is 0 Å². The van der Waals surface area contributed by atoms with Crippen LogP contribution < -0.4 is 10.1 Å². The first-order chi connectivity index (χ1) is 8.04. The monoisotopic (exact) mass is 236 g/mol. The molecule has 1 aromatic heterocycles. The molecule has 3 nitrogen and oxygen atoms in total. The molecule has 1 heterocycles. The van der Waals surface area contributed by atoms with E-state index in [1.807, 2.05) is 26.0 Å². The van der Waals surface area contributed by atoms with Gasteiger partial charge in [0.15, 0.2) is 0 Å². The van der Waals surface area contributed by atoms with Gasteiger partial charge in [-0.05, 0) is 38.8 Å². The van der Waals surface area contributed by atoms with Crippen molar-refractivity contribution in [1.29, 1.82) is 0 Å². The van der Waals surface area contributed by atoms with E-state index in [9.17, 15) is 0 Å². The van der Waals surface area contributed by atoms with Gasteiger partial charge in [-0.1, -0.05) is 20.3 Å². The molecule has 0 aliphatic carbocycles. The molecule has 96 valence electrons. The van der Waals surface area contributed by atoms with Crippen molar-refractivity contribution in [2.45, 2.75) is 53.2 Å². The summed E-state index contributed by atoms with van der Waals surface area (Å²) in [5.41, 5.74) is 0.981. The number of anilines is 1. The van der Waals surface area contributed by atoms with E-state index in [1.165, 1.54) is 0 Å². The van der Waals surface area contributed by atoms with Crippen LogP contribution in [0.2, 0.25) is 0 Å². The third-order valence-corrected chi connectivity index (χ3v) is 3.00. The fourth-order valence-corrected chi connectivity index (χ4v) is 1.56. The van der Waals surface area contributed by atoms with Gasteiger partial charge in [-0.15, -0.1) is 0 Å². The molecular weight excluding hydrogens is 212 g/mol. The van der Waals surface area contributed by atoms with Crippen LogP contribution in [-0.2, 0) is 0 Å². The highest BCUT2D eigenvalue weighted by Gasteiger charge is 2.13. The van der Waals surface area contributed by atoms with Crippen molar-refractivity contribution in [1.82, 2.24) is 4.98 Å². The minimum absolute atomic E-state index is 0.143. The van der Waals surface area contributed by atoms with Gasteiger partial charge in [0.2, 0.25) is 5.88 Å². The lowest BCUT2D eigenvalue weighted by atomic mass is 10.0. The largest absolute Gasteiger partial charge is 0.473 e. The van der Waals surface area contributed by atoms with Crippen LogP contribution in [0.5, 0.6) is 5.88 Å². The fraction of sp³-hybridized carbons (Fsp3) is 0.643. The molecule has 17 heavy (non-hydrogen) atoms. The molecule has 0 aliphatic rings. The van der Waals surface area contributed by atoms with Crippen LogP contribution in [0.15, 0.2) is 18.3 Å².